The van der Waals surface area contributed by atoms with Gasteiger partial charge in [0.2, 0.25) is 0 Å². The van der Waals surface area contributed by atoms with Crippen LogP contribution in [0.1, 0.15) is 56.3 Å². The zero-order chi connectivity index (χ0) is 25.7. The van der Waals surface area contributed by atoms with Gasteiger partial charge in [-0.25, -0.2) is 23.5 Å². The molecule has 0 spiro atoms. The Morgan fingerprint density at radius 1 is 1.06 bits per heavy atom. The molecule has 2 atom stereocenters. The number of carboxylic acid groups (broad SMARTS) is 2. The zero-order valence-corrected chi connectivity index (χ0v) is 20.2. The van der Waals surface area contributed by atoms with Gasteiger partial charge in [0, 0.05) is 43.7 Å². The third-order valence-corrected chi connectivity index (χ3v) is 7.27. The van der Waals surface area contributed by atoms with Crippen molar-refractivity contribution in [2.75, 3.05) is 6.54 Å². The molecule has 0 saturated carbocycles. The molecular weight excluding hydrogens is 471 g/mol. The predicted octanol–water partition coefficient (Wildman–Crippen LogP) is 2.28. The molecule has 2 N–H and O–H groups in total. The molecule has 2 unspecified atom stereocenters. The van der Waals surface area contributed by atoms with Gasteiger partial charge in [-0.1, -0.05) is 18.2 Å². The number of nitrogens with zero attached hydrogens (tertiary/aromatic N) is 4. The van der Waals surface area contributed by atoms with E-state index >= 15 is 0 Å². The number of carboxylic acids is 2. The van der Waals surface area contributed by atoms with Crippen molar-refractivity contribution in [3.8, 4) is 0 Å². The zero-order valence-electron chi connectivity index (χ0n) is 20.2. The minimum absolute atomic E-state index is 0.0629. The minimum atomic E-state index is -1.82. The Bertz CT molecular complexity index is 1110. The van der Waals surface area contributed by atoms with E-state index in [2.05, 4.69) is 10.00 Å². The lowest BCUT2D eigenvalue weighted by Crippen LogP contribution is -2.46. The summed E-state index contributed by atoms with van der Waals surface area (Å²) in [6, 6.07) is 7.95. The molecule has 1 aromatic heterocycles. The number of benzene rings is 1. The third-order valence-electron chi connectivity index (χ3n) is 7.27. The summed E-state index contributed by atoms with van der Waals surface area (Å²) >= 11 is 0. The van der Waals surface area contributed by atoms with Gasteiger partial charge in [0.15, 0.2) is 0 Å². The summed E-state index contributed by atoms with van der Waals surface area (Å²) < 4.78 is 23.5. The van der Waals surface area contributed by atoms with Gasteiger partial charge < -0.3 is 14.9 Å². The van der Waals surface area contributed by atoms with E-state index in [4.69, 9.17) is 24.5 Å². The van der Waals surface area contributed by atoms with Gasteiger partial charge in [-0.15, -0.1) is 0 Å². The van der Waals surface area contributed by atoms with Crippen LogP contribution in [-0.2, 0) is 40.4 Å². The average molecular weight is 505 g/mol. The fraction of sp³-hybridized carbons (Fsp3) is 0.600. The Morgan fingerprint density at radius 3 is 2.39 bits per heavy atom. The fourth-order valence-corrected chi connectivity index (χ4v) is 5.55. The first-order valence-electron chi connectivity index (χ1n) is 12.6. The van der Waals surface area contributed by atoms with Crippen molar-refractivity contribution in [2.24, 2.45) is 0 Å². The molecule has 3 aliphatic heterocycles. The summed E-state index contributed by atoms with van der Waals surface area (Å²) in [6.45, 7) is 2.87. The second kappa shape index (κ2) is 11.8. The second-order valence-corrected chi connectivity index (χ2v) is 9.61. The van der Waals surface area contributed by atoms with E-state index in [9.17, 15) is 9.18 Å². The average Bonchev–Trinajstić information content (AvgIpc) is 3.30. The molecule has 11 heteroatoms. The first kappa shape index (κ1) is 26.0. The minimum Gasteiger partial charge on any atom is -0.473 e. The van der Waals surface area contributed by atoms with E-state index in [1.807, 2.05) is 10.6 Å². The van der Waals surface area contributed by atoms with Crippen LogP contribution in [0.25, 0.3) is 0 Å². The van der Waals surface area contributed by atoms with Gasteiger partial charge in [0.05, 0.1) is 12.7 Å². The third kappa shape index (κ3) is 6.19. The standard InChI is InChI=1S/C23H31FN4O2.C2H2O4/c24-21-7-2-1-6-17(21)16-30-20-14-18-9-10-19(15-20)26(18)12-5-13-28-23(29)27-11-4-3-8-22(27)25-28;3-1(4)2(5)6/h1-2,6-7,18-20H,3-5,8-16H2;(H,3,4)(H,5,6). The Kier molecular flexibility index (Phi) is 8.52. The Balaban J connectivity index is 0.000000455. The molecule has 2 fully saturated rings. The largest absolute Gasteiger partial charge is 0.473 e. The molecule has 3 aliphatic rings. The molecule has 0 radical (unpaired) electrons. The number of fused-ring (bicyclic) bond motifs is 3. The lowest BCUT2D eigenvalue weighted by molar-refractivity contribution is -0.159. The Labute approximate surface area is 208 Å². The van der Waals surface area contributed by atoms with Crippen LogP contribution in [0, 0.1) is 5.82 Å². The number of rotatable bonds is 7. The van der Waals surface area contributed by atoms with Gasteiger partial charge in [-0.2, -0.15) is 5.10 Å². The van der Waals surface area contributed by atoms with Crippen molar-refractivity contribution in [1.29, 1.82) is 0 Å². The van der Waals surface area contributed by atoms with Crippen molar-refractivity contribution < 1.29 is 28.9 Å². The van der Waals surface area contributed by atoms with Crippen molar-refractivity contribution in [2.45, 2.75) is 89.3 Å². The molecule has 36 heavy (non-hydrogen) atoms. The van der Waals surface area contributed by atoms with Gasteiger partial charge in [0.25, 0.3) is 0 Å². The maximum Gasteiger partial charge on any atom is 0.414 e. The second-order valence-electron chi connectivity index (χ2n) is 9.61. The molecule has 2 saturated heterocycles. The maximum absolute atomic E-state index is 13.8. The molecule has 1 aromatic carbocycles. The molecule has 0 amide bonds. The summed E-state index contributed by atoms with van der Waals surface area (Å²) in [5.41, 5.74) is 0.702. The Hall–Kier alpha value is -3.05. The van der Waals surface area contributed by atoms with Crippen LogP contribution in [0.3, 0.4) is 0 Å². The summed E-state index contributed by atoms with van der Waals surface area (Å²) in [5, 5.41) is 19.3. The summed E-state index contributed by atoms with van der Waals surface area (Å²) in [4.78, 5) is 33.3. The molecule has 4 heterocycles. The van der Waals surface area contributed by atoms with Crippen LogP contribution in [0.2, 0.25) is 0 Å². The van der Waals surface area contributed by atoms with Crippen LogP contribution < -0.4 is 5.69 Å². The quantitative estimate of drug-likeness (QED) is 0.550. The lowest BCUT2D eigenvalue weighted by Gasteiger charge is -2.38. The van der Waals surface area contributed by atoms with Gasteiger partial charge in [-0.05, 0) is 51.0 Å². The van der Waals surface area contributed by atoms with Crippen LogP contribution in [-0.4, -0.2) is 66.1 Å². The highest BCUT2D eigenvalue weighted by Gasteiger charge is 2.40. The molecule has 0 aliphatic carbocycles. The molecule has 10 nitrogen and oxygen atoms in total. The lowest BCUT2D eigenvalue weighted by atomic mass is 9.99. The number of hydrogen-bond donors (Lipinski definition) is 2. The predicted molar refractivity (Wildman–Crippen MR) is 127 cm³/mol. The van der Waals surface area contributed by atoms with Crippen molar-refractivity contribution >= 4 is 11.9 Å². The molecule has 196 valence electrons. The SMILES string of the molecule is O=C(O)C(=O)O.O=c1n(CCCN2C3CCC2CC(OCc2ccccc2F)C3)nc2n1CCCC2. The number of halogens is 1. The first-order chi connectivity index (χ1) is 17.3. The van der Waals surface area contributed by atoms with Crippen molar-refractivity contribution in [1.82, 2.24) is 19.2 Å². The normalized spacial score (nSPS) is 23.0. The van der Waals surface area contributed by atoms with Gasteiger partial charge in [-0.3, -0.25) is 9.47 Å². The number of aromatic nitrogens is 3. The van der Waals surface area contributed by atoms with E-state index in [0.29, 0.717) is 30.8 Å². The van der Waals surface area contributed by atoms with E-state index in [-0.39, 0.29) is 17.6 Å². The number of ether oxygens (including phenoxy) is 1. The monoisotopic (exact) mass is 504 g/mol. The molecule has 5 rings (SSSR count). The number of aliphatic carboxylic acids is 2. The van der Waals surface area contributed by atoms with Crippen LogP contribution >= 0.6 is 0 Å². The van der Waals surface area contributed by atoms with E-state index in [1.54, 1.807) is 16.8 Å². The molecular formula is C25H33FN4O6. The topological polar surface area (TPSA) is 127 Å². The number of carbonyl (C=O) groups is 2. The van der Waals surface area contributed by atoms with Gasteiger partial charge in [0.1, 0.15) is 11.6 Å². The first-order valence-corrected chi connectivity index (χ1v) is 12.6. The maximum atomic E-state index is 13.8. The number of aryl methyl sites for hydroxylation is 2. The van der Waals surface area contributed by atoms with Crippen molar-refractivity contribution in [3.63, 3.8) is 0 Å². The number of piperidine rings is 1. The van der Waals surface area contributed by atoms with E-state index in [1.165, 1.54) is 18.9 Å². The van der Waals surface area contributed by atoms with Crippen LogP contribution in [0.5, 0.6) is 0 Å². The summed E-state index contributed by atoms with van der Waals surface area (Å²) in [7, 11) is 0. The smallest absolute Gasteiger partial charge is 0.414 e. The summed E-state index contributed by atoms with van der Waals surface area (Å²) in [6.07, 6.45) is 8.75. The van der Waals surface area contributed by atoms with E-state index in [0.717, 1.165) is 57.4 Å². The van der Waals surface area contributed by atoms with Gasteiger partial charge >= 0.3 is 17.6 Å². The summed E-state index contributed by atoms with van der Waals surface area (Å²) in [5.74, 6) is -2.88. The molecule has 2 bridgehead atoms. The highest BCUT2D eigenvalue weighted by molar-refractivity contribution is 6.27. The highest BCUT2D eigenvalue weighted by Crippen LogP contribution is 2.37. The van der Waals surface area contributed by atoms with E-state index < -0.39 is 11.9 Å². The number of hydrogen-bond acceptors (Lipinski definition) is 6. The molecule has 2 aromatic rings. The highest BCUT2D eigenvalue weighted by atomic mass is 19.1. The van der Waals surface area contributed by atoms with Crippen molar-refractivity contribution in [3.05, 3.63) is 52.0 Å². The van der Waals surface area contributed by atoms with Crippen LogP contribution in [0.4, 0.5) is 4.39 Å². The Morgan fingerprint density at radius 2 is 1.75 bits per heavy atom. The van der Waals surface area contributed by atoms with Crippen LogP contribution in [0.15, 0.2) is 29.1 Å². The fourth-order valence-electron chi connectivity index (χ4n) is 5.55.